The highest BCUT2D eigenvalue weighted by molar-refractivity contribution is 5.49. The summed E-state index contributed by atoms with van der Waals surface area (Å²) >= 11 is 0. The first-order valence-corrected chi connectivity index (χ1v) is 7.93. The molecule has 0 aromatic carbocycles. The Morgan fingerprint density at radius 3 is 2.70 bits per heavy atom. The molecule has 2 aliphatic rings. The smallest absolute Gasteiger partial charge is 0.0559 e. The number of piperazine rings is 1. The van der Waals surface area contributed by atoms with Gasteiger partial charge >= 0.3 is 0 Å². The van der Waals surface area contributed by atoms with E-state index in [1.807, 2.05) is 12.4 Å². The second kappa shape index (κ2) is 5.03. The summed E-state index contributed by atoms with van der Waals surface area (Å²) in [5.74, 6) is 1.50. The summed E-state index contributed by atoms with van der Waals surface area (Å²) in [6, 6.07) is 2.84. The van der Waals surface area contributed by atoms with Crippen molar-refractivity contribution in [3.8, 4) is 0 Å². The summed E-state index contributed by atoms with van der Waals surface area (Å²) in [6.07, 6.45) is 6.74. The molecule has 0 radical (unpaired) electrons. The molecular formula is C17H27N3. The van der Waals surface area contributed by atoms with Gasteiger partial charge in [0.1, 0.15) is 0 Å². The number of rotatable bonds is 3. The van der Waals surface area contributed by atoms with E-state index in [-0.39, 0.29) is 5.54 Å². The Balaban J connectivity index is 1.89. The van der Waals surface area contributed by atoms with Gasteiger partial charge in [0.05, 0.1) is 11.9 Å². The van der Waals surface area contributed by atoms with E-state index in [1.54, 1.807) is 0 Å². The molecule has 0 amide bonds. The zero-order chi connectivity index (χ0) is 14.3. The molecule has 1 aliphatic heterocycles. The maximum Gasteiger partial charge on any atom is 0.0559 e. The monoisotopic (exact) mass is 273 g/mol. The van der Waals surface area contributed by atoms with Gasteiger partial charge in [0.15, 0.2) is 0 Å². The molecule has 1 saturated carbocycles. The van der Waals surface area contributed by atoms with Crippen LogP contribution in [-0.2, 0) is 0 Å². The van der Waals surface area contributed by atoms with Crippen LogP contribution in [0.25, 0.3) is 0 Å². The lowest BCUT2D eigenvalue weighted by Crippen LogP contribution is -2.65. The van der Waals surface area contributed by atoms with Crippen LogP contribution < -0.4 is 10.2 Å². The van der Waals surface area contributed by atoms with Crippen molar-refractivity contribution in [3.63, 3.8) is 0 Å². The van der Waals surface area contributed by atoms with Crippen molar-refractivity contribution in [2.75, 3.05) is 18.0 Å². The van der Waals surface area contributed by atoms with E-state index in [9.17, 15) is 0 Å². The number of pyridine rings is 1. The molecule has 1 saturated heterocycles. The van der Waals surface area contributed by atoms with E-state index >= 15 is 0 Å². The molecule has 3 nitrogen and oxygen atoms in total. The van der Waals surface area contributed by atoms with Gasteiger partial charge in [-0.15, -0.1) is 0 Å². The van der Waals surface area contributed by atoms with Crippen molar-refractivity contribution in [3.05, 3.63) is 24.0 Å². The third kappa shape index (κ3) is 2.56. The minimum atomic E-state index is 0.273. The maximum absolute atomic E-state index is 4.40. The van der Waals surface area contributed by atoms with Crippen LogP contribution in [0.5, 0.6) is 0 Å². The molecule has 1 aromatic heterocycles. The summed E-state index contributed by atoms with van der Waals surface area (Å²) in [4.78, 5) is 7.00. The van der Waals surface area contributed by atoms with E-state index in [0.29, 0.717) is 12.0 Å². The summed E-state index contributed by atoms with van der Waals surface area (Å²) in [7, 11) is 0. The van der Waals surface area contributed by atoms with E-state index in [4.69, 9.17) is 0 Å². The Kier molecular flexibility index (Phi) is 3.49. The molecule has 2 fully saturated rings. The molecular weight excluding hydrogens is 246 g/mol. The first-order valence-electron chi connectivity index (χ1n) is 7.93. The van der Waals surface area contributed by atoms with Crippen LogP contribution in [0.4, 0.5) is 5.69 Å². The molecule has 1 aliphatic carbocycles. The standard InChI is InChI=1S/C17H27N3/c1-12(2)16-10-19-17(4,14-5-6-14)11-20(16)15-7-13(3)8-18-9-15/h7-9,12,14,16,19H,5-6,10-11H2,1-4H3. The van der Waals surface area contributed by atoms with Gasteiger partial charge in [-0.05, 0) is 50.2 Å². The lowest BCUT2D eigenvalue weighted by atomic mass is 9.87. The molecule has 3 heteroatoms. The largest absolute Gasteiger partial charge is 0.364 e. The number of nitrogens with one attached hydrogen (secondary N) is 1. The quantitative estimate of drug-likeness (QED) is 0.917. The molecule has 2 atom stereocenters. The first-order chi connectivity index (χ1) is 9.49. The van der Waals surface area contributed by atoms with E-state index in [2.05, 4.69) is 49.0 Å². The van der Waals surface area contributed by atoms with Crippen LogP contribution in [0.1, 0.15) is 39.2 Å². The Labute approximate surface area is 122 Å². The van der Waals surface area contributed by atoms with Crippen LogP contribution in [0.15, 0.2) is 18.5 Å². The maximum atomic E-state index is 4.40. The number of hydrogen-bond acceptors (Lipinski definition) is 3. The van der Waals surface area contributed by atoms with Gasteiger partial charge < -0.3 is 10.2 Å². The summed E-state index contributed by atoms with van der Waals surface area (Å²) in [6.45, 7) is 11.4. The van der Waals surface area contributed by atoms with Crippen LogP contribution in [0.3, 0.4) is 0 Å². The first kappa shape index (κ1) is 13.9. The highest BCUT2D eigenvalue weighted by Gasteiger charge is 2.46. The highest BCUT2D eigenvalue weighted by Crippen LogP contribution is 2.42. The fourth-order valence-electron chi connectivity index (χ4n) is 3.54. The zero-order valence-corrected chi connectivity index (χ0v) is 13.2. The third-order valence-electron chi connectivity index (χ3n) is 5.05. The molecule has 1 aromatic rings. The minimum Gasteiger partial charge on any atom is -0.364 e. The topological polar surface area (TPSA) is 28.2 Å². The summed E-state index contributed by atoms with van der Waals surface area (Å²) < 4.78 is 0. The lowest BCUT2D eigenvalue weighted by Gasteiger charge is -2.49. The molecule has 2 heterocycles. The van der Waals surface area contributed by atoms with E-state index in [0.717, 1.165) is 19.0 Å². The SMILES string of the molecule is Cc1cncc(N2CC(C)(C3CC3)NCC2C(C)C)c1. The Hall–Kier alpha value is -1.09. The Bertz CT molecular complexity index is 481. The molecule has 0 spiro atoms. The molecule has 0 bridgehead atoms. The third-order valence-corrected chi connectivity index (χ3v) is 5.05. The fraction of sp³-hybridized carbons (Fsp3) is 0.706. The van der Waals surface area contributed by atoms with Gasteiger partial charge in [-0.1, -0.05) is 13.8 Å². The number of aryl methyl sites for hydroxylation is 1. The fourth-order valence-corrected chi connectivity index (χ4v) is 3.54. The van der Waals surface area contributed by atoms with Gasteiger partial charge in [-0.25, -0.2) is 0 Å². The molecule has 110 valence electrons. The van der Waals surface area contributed by atoms with Crippen molar-refractivity contribution >= 4 is 5.69 Å². The van der Waals surface area contributed by atoms with Gasteiger partial charge in [0.25, 0.3) is 0 Å². The van der Waals surface area contributed by atoms with E-state index < -0.39 is 0 Å². The second-order valence-electron chi connectivity index (χ2n) is 7.23. The Morgan fingerprint density at radius 1 is 1.35 bits per heavy atom. The van der Waals surface area contributed by atoms with Crippen molar-refractivity contribution in [2.45, 2.75) is 52.1 Å². The predicted octanol–water partition coefficient (Wildman–Crippen LogP) is 2.99. The zero-order valence-electron chi connectivity index (χ0n) is 13.2. The predicted molar refractivity (Wildman–Crippen MR) is 84.1 cm³/mol. The van der Waals surface area contributed by atoms with Gasteiger partial charge in [0.2, 0.25) is 0 Å². The molecule has 3 rings (SSSR count). The van der Waals surface area contributed by atoms with Crippen LogP contribution in [0, 0.1) is 18.8 Å². The lowest BCUT2D eigenvalue weighted by molar-refractivity contribution is 0.233. The molecule has 20 heavy (non-hydrogen) atoms. The number of anilines is 1. The highest BCUT2D eigenvalue weighted by atomic mass is 15.3. The second-order valence-corrected chi connectivity index (χ2v) is 7.23. The summed E-state index contributed by atoms with van der Waals surface area (Å²) in [5.41, 5.74) is 2.81. The van der Waals surface area contributed by atoms with Crippen molar-refractivity contribution in [2.24, 2.45) is 11.8 Å². The van der Waals surface area contributed by atoms with Crippen LogP contribution in [-0.4, -0.2) is 29.7 Å². The minimum absolute atomic E-state index is 0.273. The molecule has 1 N–H and O–H groups in total. The number of aromatic nitrogens is 1. The molecule has 2 unspecified atom stereocenters. The average molecular weight is 273 g/mol. The van der Waals surface area contributed by atoms with Crippen molar-refractivity contribution in [1.82, 2.24) is 10.3 Å². The normalized spacial score (nSPS) is 30.9. The number of hydrogen-bond donors (Lipinski definition) is 1. The number of nitrogens with zero attached hydrogens (tertiary/aromatic N) is 2. The average Bonchev–Trinajstić information content (AvgIpc) is 3.23. The van der Waals surface area contributed by atoms with Crippen LogP contribution >= 0.6 is 0 Å². The van der Waals surface area contributed by atoms with Crippen molar-refractivity contribution < 1.29 is 0 Å². The van der Waals surface area contributed by atoms with Gasteiger partial charge in [-0.2, -0.15) is 0 Å². The van der Waals surface area contributed by atoms with Crippen molar-refractivity contribution in [1.29, 1.82) is 0 Å². The van der Waals surface area contributed by atoms with Gasteiger partial charge in [0, 0.05) is 30.9 Å². The Morgan fingerprint density at radius 2 is 2.10 bits per heavy atom. The van der Waals surface area contributed by atoms with E-state index in [1.165, 1.54) is 24.1 Å². The van der Waals surface area contributed by atoms with Gasteiger partial charge in [-0.3, -0.25) is 4.98 Å². The van der Waals surface area contributed by atoms with Crippen LogP contribution in [0.2, 0.25) is 0 Å². The summed E-state index contributed by atoms with van der Waals surface area (Å²) in [5, 5.41) is 3.84.